The highest BCUT2D eigenvalue weighted by Gasteiger charge is 2.06. The van der Waals surface area contributed by atoms with Gasteiger partial charge in [0.15, 0.2) is 5.78 Å². The summed E-state index contributed by atoms with van der Waals surface area (Å²) in [6, 6.07) is 0. The molecule has 0 spiro atoms. The molecule has 0 saturated carbocycles. The van der Waals surface area contributed by atoms with Gasteiger partial charge in [-0.1, -0.05) is 12.2 Å². The molecule has 0 saturated heterocycles. The van der Waals surface area contributed by atoms with Crippen LogP contribution in [0.3, 0.4) is 0 Å². The van der Waals surface area contributed by atoms with Crippen molar-refractivity contribution in [3.63, 3.8) is 0 Å². The van der Waals surface area contributed by atoms with E-state index in [2.05, 4.69) is 0 Å². The predicted molar refractivity (Wildman–Crippen MR) is 46.7 cm³/mol. The van der Waals surface area contributed by atoms with Crippen LogP contribution in [0.4, 0.5) is 0 Å². The van der Waals surface area contributed by atoms with Crippen LogP contribution < -0.4 is 0 Å². The van der Waals surface area contributed by atoms with Crippen LogP contribution >= 0.6 is 0 Å². The fourth-order valence-electron chi connectivity index (χ4n) is 1.12. The lowest BCUT2D eigenvalue weighted by molar-refractivity contribution is -0.117. The predicted octanol–water partition coefficient (Wildman–Crippen LogP) is 1.67. The van der Waals surface area contributed by atoms with Crippen LogP contribution in [-0.2, 0) is 9.59 Å². The molecule has 0 heterocycles. The summed E-state index contributed by atoms with van der Waals surface area (Å²) in [6.45, 7) is 1.58. The maximum absolute atomic E-state index is 10.7. The normalized spacial score (nSPS) is 16.9. The zero-order valence-corrected chi connectivity index (χ0v) is 7.12. The lowest BCUT2D eigenvalue weighted by Gasteiger charge is -2.07. The highest BCUT2D eigenvalue weighted by molar-refractivity contribution is 6.00. The highest BCUT2D eigenvalue weighted by Crippen LogP contribution is 2.13. The molecule has 0 aromatic rings. The molecule has 0 atom stereocenters. The van der Waals surface area contributed by atoms with Gasteiger partial charge < -0.3 is 4.79 Å². The molecule has 1 aliphatic carbocycles. The summed E-state index contributed by atoms with van der Waals surface area (Å²) in [5.74, 6) is 0.509. The molecule has 0 aliphatic heterocycles. The Hall–Kier alpha value is -1.18. The molecule has 0 amide bonds. The van der Waals surface area contributed by atoms with Crippen LogP contribution in [0.2, 0.25) is 0 Å². The fraction of sp³-hybridized carbons (Fsp3) is 0.400. The van der Waals surface area contributed by atoms with E-state index in [0.717, 1.165) is 6.42 Å². The first kappa shape index (κ1) is 8.91. The molecule has 1 rings (SSSR count). The van der Waals surface area contributed by atoms with Gasteiger partial charge in [0.05, 0.1) is 0 Å². The summed E-state index contributed by atoms with van der Waals surface area (Å²) in [4.78, 5) is 21.3. The number of allylic oxidation sites excluding steroid dienone is 4. The minimum absolute atomic E-state index is 0.0362. The second-order valence-corrected chi connectivity index (χ2v) is 3.03. The van der Waals surface area contributed by atoms with Gasteiger partial charge in [0.1, 0.15) is 5.78 Å². The molecule has 64 valence electrons. The van der Waals surface area contributed by atoms with Gasteiger partial charge in [-0.3, -0.25) is 4.79 Å². The number of ketones is 2. The minimum atomic E-state index is 0.0362. The maximum atomic E-state index is 10.7. The van der Waals surface area contributed by atoms with Crippen LogP contribution in [0.5, 0.6) is 0 Å². The molecular weight excluding hydrogens is 152 g/mol. The van der Waals surface area contributed by atoms with E-state index >= 15 is 0 Å². The van der Waals surface area contributed by atoms with E-state index in [1.807, 2.05) is 12.2 Å². The van der Waals surface area contributed by atoms with Crippen molar-refractivity contribution >= 4 is 11.6 Å². The molecule has 12 heavy (non-hydrogen) atoms. The van der Waals surface area contributed by atoms with Gasteiger partial charge in [-0.05, 0) is 31.4 Å². The Morgan fingerprint density at radius 1 is 1.42 bits per heavy atom. The highest BCUT2D eigenvalue weighted by atomic mass is 16.1. The molecule has 0 aromatic heterocycles. The maximum Gasteiger partial charge on any atom is 0.178 e. The second-order valence-electron chi connectivity index (χ2n) is 3.03. The van der Waals surface area contributed by atoms with Gasteiger partial charge >= 0.3 is 0 Å². The lowest BCUT2D eigenvalue weighted by atomic mass is 9.97. The van der Waals surface area contributed by atoms with Crippen LogP contribution in [0.1, 0.15) is 19.8 Å². The zero-order valence-electron chi connectivity index (χ0n) is 7.12. The molecule has 0 aromatic carbocycles. The monoisotopic (exact) mass is 164 g/mol. The van der Waals surface area contributed by atoms with E-state index in [0.29, 0.717) is 6.42 Å². The number of carbonyl (C=O) groups excluding carboxylic acids is 2. The number of hydrogen-bond donors (Lipinski definition) is 0. The minimum Gasteiger partial charge on any atom is -0.300 e. The van der Waals surface area contributed by atoms with Crippen molar-refractivity contribution < 1.29 is 9.59 Å². The third-order valence-corrected chi connectivity index (χ3v) is 1.85. The summed E-state index contributed by atoms with van der Waals surface area (Å²) in [5, 5.41) is 0. The van der Waals surface area contributed by atoms with E-state index in [1.165, 1.54) is 0 Å². The standard InChI is InChI=1S/C10H12O2/c1-8(11)2-3-9-4-6-10(12)7-5-9/h4-7,9H,2-3H2,1H3. The van der Waals surface area contributed by atoms with Crippen molar-refractivity contribution in [2.24, 2.45) is 5.92 Å². The lowest BCUT2D eigenvalue weighted by Crippen LogP contribution is -2.02. The van der Waals surface area contributed by atoms with Gasteiger partial charge in [0.2, 0.25) is 0 Å². The van der Waals surface area contributed by atoms with Crippen molar-refractivity contribution in [2.75, 3.05) is 0 Å². The summed E-state index contributed by atoms with van der Waals surface area (Å²) in [7, 11) is 0. The van der Waals surface area contributed by atoms with Gasteiger partial charge in [0.25, 0.3) is 0 Å². The number of hydrogen-bond acceptors (Lipinski definition) is 2. The van der Waals surface area contributed by atoms with E-state index < -0.39 is 0 Å². The van der Waals surface area contributed by atoms with E-state index in [4.69, 9.17) is 0 Å². The second kappa shape index (κ2) is 4.00. The largest absolute Gasteiger partial charge is 0.300 e. The quantitative estimate of drug-likeness (QED) is 0.635. The average Bonchev–Trinajstić information content (AvgIpc) is 2.03. The van der Waals surface area contributed by atoms with Crippen LogP contribution in [0.15, 0.2) is 24.3 Å². The Morgan fingerprint density at radius 2 is 2.00 bits per heavy atom. The summed E-state index contributed by atoms with van der Waals surface area (Å²) >= 11 is 0. The first-order chi connectivity index (χ1) is 5.68. The Balaban J connectivity index is 2.36. The number of carbonyl (C=O) groups is 2. The summed E-state index contributed by atoms with van der Waals surface area (Å²) in [5.41, 5.74) is 0. The number of Topliss-reactive ketones (excluding diaryl/α,β-unsaturated/α-hetero) is 1. The smallest absolute Gasteiger partial charge is 0.178 e. The zero-order chi connectivity index (χ0) is 8.97. The molecule has 2 heteroatoms. The van der Waals surface area contributed by atoms with Crippen molar-refractivity contribution in [1.29, 1.82) is 0 Å². The first-order valence-corrected chi connectivity index (χ1v) is 4.08. The van der Waals surface area contributed by atoms with Crippen LogP contribution in [0.25, 0.3) is 0 Å². The van der Waals surface area contributed by atoms with Crippen LogP contribution in [-0.4, -0.2) is 11.6 Å². The van der Waals surface area contributed by atoms with E-state index in [-0.39, 0.29) is 17.5 Å². The molecular formula is C10H12O2. The topological polar surface area (TPSA) is 34.1 Å². The Kier molecular flexibility index (Phi) is 2.97. The molecule has 2 nitrogen and oxygen atoms in total. The molecule has 0 unspecified atom stereocenters. The van der Waals surface area contributed by atoms with Crippen molar-refractivity contribution in [3.8, 4) is 0 Å². The van der Waals surface area contributed by atoms with Gasteiger partial charge in [-0.15, -0.1) is 0 Å². The van der Waals surface area contributed by atoms with Crippen molar-refractivity contribution in [1.82, 2.24) is 0 Å². The molecule has 0 bridgehead atoms. The van der Waals surface area contributed by atoms with Crippen LogP contribution in [0, 0.1) is 5.92 Å². The Labute approximate surface area is 72.0 Å². The van der Waals surface area contributed by atoms with Gasteiger partial charge in [-0.2, -0.15) is 0 Å². The summed E-state index contributed by atoms with van der Waals surface area (Å²) < 4.78 is 0. The third kappa shape index (κ3) is 2.82. The number of rotatable bonds is 3. The SMILES string of the molecule is CC(=O)CCC1C=CC(=O)C=C1. The molecule has 0 fully saturated rings. The molecule has 0 N–H and O–H groups in total. The fourth-order valence-corrected chi connectivity index (χ4v) is 1.12. The average molecular weight is 164 g/mol. The third-order valence-electron chi connectivity index (χ3n) is 1.85. The summed E-state index contributed by atoms with van der Waals surface area (Å²) in [6.07, 6.45) is 8.23. The van der Waals surface area contributed by atoms with Gasteiger partial charge in [-0.25, -0.2) is 0 Å². The van der Waals surface area contributed by atoms with Gasteiger partial charge in [0, 0.05) is 6.42 Å². The van der Waals surface area contributed by atoms with Crippen molar-refractivity contribution in [2.45, 2.75) is 19.8 Å². The molecule has 1 aliphatic rings. The molecule has 0 radical (unpaired) electrons. The first-order valence-electron chi connectivity index (χ1n) is 4.08. The Morgan fingerprint density at radius 3 is 2.50 bits per heavy atom. The van der Waals surface area contributed by atoms with Crippen molar-refractivity contribution in [3.05, 3.63) is 24.3 Å². The van der Waals surface area contributed by atoms with E-state index in [9.17, 15) is 9.59 Å². The van der Waals surface area contributed by atoms with E-state index in [1.54, 1.807) is 19.1 Å². The Bertz CT molecular complexity index is 233.